The van der Waals surface area contributed by atoms with Gasteiger partial charge in [-0.3, -0.25) is 4.79 Å². The third kappa shape index (κ3) is 2.77. The number of likely N-dealkylation sites (tertiary alicyclic amines) is 1. The quantitative estimate of drug-likeness (QED) is 0.919. The van der Waals surface area contributed by atoms with Crippen LogP contribution in [0.3, 0.4) is 0 Å². The largest absolute Gasteiger partial charge is 0.360 e. The van der Waals surface area contributed by atoms with Gasteiger partial charge in [0, 0.05) is 25.1 Å². The van der Waals surface area contributed by atoms with Gasteiger partial charge in [0.05, 0.1) is 0 Å². The highest BCUT2D eigenvalue weighted by Crippen LogP contribution is 2.40. The fraction of sp³-hybridized carbons (Fsp3) is 0.692. The summed E-state index contributed by atoms with van der Waals surface area (Å²) in [5.41, 5.74) is 6.25. The second-order valence-corrected chi connectivity index (χ2v) is 5.88. The van der Waals surface area contributed by atoms with E-state index in [1.165, 1.54) is 0 Å². The minimum absolute atomic E-state index is 0. The Morgan fingerprint density at radius 1 is 1.63 bits per heavy atom. The molecule has 1 aliphatic heterocycles. The second-order valence-electron chi connectivity index (χ2n) is 5.88. The van der Waals surface area contributed by atoms with Crippen molar-refractivity contribution in [3.63, 3.8) is 0 Å². The van der Waals surface area contributed by atoms with E-state index in [4.69, 9.17) is 10.3 Å². The Balaban J connectivity index is 0.00000133. The van der Waals surface area contributed by atoms with Crippen LogP contribution in [-0.2, 0) is 0 Å². The van der Waals surface area contributed by atoms with Crippen molar-refractivity contribution in [3.05, 3.63) is 17.5 Å². The lowest BCUT2D eigenvalue weighted by Crippen LogP contribution is -2.34. The van der Waals surface area contributed by atoms with E-state index in [1.54, 1.807) is 6.07 Å². The Morgan fingerprint density at radius 2 is 2.37 bits per heavy atom. The third-order valence-corrected chi connectivity index (χ3v) is 4.07. The van der Waals surface area contributed by atoms with E-state index < -0.39 is 0 Å². The molecular formula is C13H20ClN3O2. The number of hydrogen-bond acceptors (Lipinski definition) is 4. The molecule has 2 N–H and O–H groups in total. The van der Waals surface area contributed by atoms with Crippen molar-refractivity contribution in [1.29, 1.82) is 0 Å². The predicted molar refractivity (Wildman–Crippen MR) is 73.4 cm³/mol. The number of rotatable bonds is 3. The summed E-state index contributed by atoms with van der Waals surface area (Å²) in [4.78, 5) is 14.1. The summed E-state index contributed by atoms with van der Waals surface area (Å²) in [6, 6.07) is 1.80. The summed E-state index contributed by atoms with van der Waals surface area (Å²) in [5.74, 6) is 1.33. The minimum Gasteiger partial charge on any atom is -0.360 e. The van der Waals surface area contributed by atoms with Gasteiger partial charge in [-0.1, -0.05) is 12.1 Å². The topological polar surface area (TPSA) is 72.4 Å². The Kier molecular flexibility index (Phi) is 3.87. The summed E-state index contributed by atoms with van der Waals surface area (Å²) in [5, 5.41) is 3.90. The molecular weight excluding hydrogens is 266 g/mol. The van der Waals surface area contributed by atoms with Crippen LogP contribution in [0.15, 0.2) is 10.6 Å². The third-order valence-electron chi connectivity index (χ3n) is 4.07. The summed E-state index contributed by atoms with van der Waals surface area (Å²) < 4.78 is 5.23. The van der Waals surface area contributed by atoms with E-state index in [-0.39, 0.29) is 23.7 Å². The van der Waals surface area contributed by atoms with Gasteiger partial charge in [0.25, 0.3) is 5.91 Å². The molecule has 1 aromatic heterocycles. The van der Waals surface area contributed by atoms with Gasteiger partial charge in [-0.25, -0.2) is 0 Å². The Labute approximate surface area is 118 Å². The lowest BCUT2D eigenvalue weighted by atomic mass is 9.90. The number of carbonyl (C=O) groups excluding carboxylic acids is 1. The molecule has 1 aliphatic carbocycles. The smallest absolute Gasteiger partial charge is 0.276 e. The van der Waals surface area contributed by atoms with E-state index in [0.717, 1.165) is 31.6 Å². The zero-order valence-corrected chi connectivity index (χ0v) is 11.9. The van der Waals surface area contributed by atoms with Crippen LogP contribution in [0.4, 0.5) is 0 Å². The standard InChI is InChI=1S/C13H19N3O2.ClH/c1-13(7-14)4-5-16(8-13)12(17)10-6-11(18-15-10)9-2-3-9;/h6,9H,2-5,7-8,14H2,1H3;1H. The molecule has 6 heteroatoms. The number of hydrogen-bond donors (Lipinski definition) is 1. The SMILES string of the molecule is CC1(CN)CCN(C(=O)c2cc(C3CC3)on2)C1.Cl. The average molecular weight is 286 g/mol. The fourth-order valence-corrected chi connectivity index (χ4v) is 2.48. The van der Waals surface area contributed by atoms with Gasteiger partial charge in [0.15, 0.2) is 5.69 Å². The minimum atomic E-state index is -0.0252. The molecule has 0 radical (unpaired) electrons. The van der Waals surface area contributed by atoms with Crippen LogP contribution in [0.25, 0.3) is 0 Å². The van der Waals surface area contributed by atoms with E-state index in [0.29, 0.717) is 24.7 Å². The first-order valence-electron chi connectivity index (χ1n) is 6.57. The van der Waals surface area contributed by atoms with Crippen LogP contribution >= 0.6 is 12.4 Å². The van der Waals surface area contributed by atoms with Crippen LogP contribution in [0, 0.1) is 5.41 Å². The van der Waals surface area contributed by atoms with Gasteiger partial charge in [0.1, 0.15) is 5.76 Å². The van der Waals surface area contributed by atoms with E-state index in [1.807, 2.05) is 4.90 Å². The first kappa shape index (κ1) is 14.3. The molecule has 1 unspecified atom stereocenters. The number of halogens is 1. The van der Waals surface area contributed by atoms with Crippen molar-refractivity contribution in [2.45, 2.75) is 32.1 Å². The first-order valence-corrected chi connectivity index (χ1v) is 6.57. The number of amides is 1. The number of carbonyl (C=O) groups is 1. The summed E-state index contributed by atoms with van der Waals surface area (Å²) in [7, 11) is 0. The van der Waals surface area contributed by atoms with Crippen LogP contribution < -0.4 is 5.73 Å². The van der Waals surface area contributed by atoms with Crippen LogP contribution in [0.1, 0.15) is 48.4 Å². The van der Waals surface area contributed by atoms with Crippen molar-refractivity contribution in [2.75, 3.05) is 19.6 Å². The van der Waals surface area contributed by atoms with Crippen molar-refractivity contribution in [3.8, 4) is 0 Å². The monoisotopic (exact) mass is 285 g/mol. The fourth-order valence-electron chi connectivity index (χ4n) is 2.48. The number of nitrogens with zero attached hydrogens (tertiary/aromatic N) is 2. The van der Waals surface area contributed by atoms with Crippen molar-refractivity contribution >= 4 is 18.3 Å². The van der Waals surface area contributed by atoms with Crippen LogP contribution in [0.2, 0.25) is 0 Å². The van der Waals surface area contributed by atoms with Gasteiger partial charge in [-0.15, -0.1) is 12.4 Å². The zero-order chi connectivity index (χ0) is 12.8. The van der Waals surface area contributed by atoms with Gasteiger partial charge in [0.2, 0.25) is 0 Å². The molecule has 1 amide bonds. The Morgan fingerprint density at radius 3 is 2.95 bits per heavy atom. The normalized spacial score (nSPS) is 26.3. The highest BCUT2D eigenvalue weighted by molar-refractivity contribution is 5.92. The molecule has 2 heterocycles. The molecule has 3 rings (SSSR count). The summed E-state index contributed by atoms with van der Waals surface area (Å²) in [6.45, 7) is 4.22. The van der Waals surface area contributed by atoms with E-state index in [2.05, 4.69) is 12.1 Å². The van der Waals surface area contributed by atoms with Gasteiger partial charge >= 0.3 is 0 Å². The lowest BCUT2D eigenvalue weighted by molar-refractivity contribution is 0.0766. The number of aromatic nitrogens is 1. The molecule has 0 aromatic carbocycles. The molecule has 1 aromatic rings. The zero-order valence-electron chi connectivity index (χ0n) is 11.1. The second kappa shape index (κ2) is 5.13. The first-order chi connectivity index (χ1) is 8.61. The number of nitrogens with two attached hydrogens (primary N) is 1. The Hall–Kier alpha value is -1.07. The summed E-state index contributed by atoms with van der Waals surface area (Å²) in [6.07, 6.45) is 3.26. The molecule has 19 heavy (non-hydrogen) atoms. The van der Waals surface area contributed by atoms with E-state index >= 15 is 0 Å². The van der Waals surface area contributed by atoms with Gasteiger partial charge < -0.3 is 15.2 Å². The van der Waals surface area contributed by atoms with Crippen molar-refractivity contribution in [1.82, 2.24) is 10.1 Å². The molecule has 1 saturated carbocycles. The van der Waals surface area contributed by atoms with Crippen molar-refractivity contribution in [2.24, 2.45) is 11.1 Å². The average Bonchev–Trinajstić information content (AvgIpc) is 2.97. The Bertz CT molecular complexity index is 472. The maximum atomic E-state index is 12.3. The molecule has 2 aliphatic rings. The van der Waals surface area contributed by atoms with Gasteiger partial charge in [-0.2, -0.15) is 0 Å². The van der Waals surface area contributed by atoms with Gasteiger partial charge in [-0.05, 0) is 31.2 Å². The van der Waals surface area contributed by atoms with Crippen molar-refractivity contribution < 1.29 is 9.32 Å². The summed E-state index contributed by atoms with van der Waals surface area (Å²) >= 11 is 0. The highest BCUT2D eigenvalue weighted by atomic mass is 35.5. The molecule has 2 fully saturated rings. The predicted octanol–water partition coefficient (Wildman–Crippen LogP) is 1.78. The highest BCUT2D eigenvalue weighted by Gasteiger charge is 2.36. The van der Waals surface area contributed by atoms with Crippen LogP contribution in [0.5, 0.6) is 0 Å². The molecule has 0 spiro atoms. The molecule has 1 atom stereocenters. The molecule has 5 nitrogen and oxygen atoms in total. The maximum absolute atomic E-state index is 12.3. The lowest BCUT2D eigenvalue weighted by Gasteiger charge is -2.21. The van der Waals surface area contributed by atoms with E-state index in [9.17, 15) is 4.79 Å². The van der Waals surface area contributed by atoms with Crippen LogP contribution in [-0.4, -0.2) is 35.6 Å². The molecule has 106 valence electrons. The molecule has 0 bridgehead atoms. The molecule has 1 saturated heterocycles. The maximum Gasteiger partial charge on any atom is 0.276 e.